The summed E-state index contributed by atoms with van der Waals surface area (Å²) in [7, 11) is 0. The first-order valence-electron chi connectivity index (χ1n) is 9.94. The number of para-hydroxylation sites is 1. The van der Waals surface area contributed by atoms with Gasteiger partial charge in [0.05, 0.1) is 12.1 Å². The molecule has 1 fully saturated rings. The van der Waals surface area contributed by atoms with Crippen LogP contribution in [0.5, 0.6) is 11.5 Å². The zero-order valence-corrected chi connectivity index (χ0v) is 17.4. The smallest absolute Gasteiger partial charge is 0.287 e. The van der Waals surface area contributed by atoms with E-state index in [0.29, 0.717) is 29.7 Å². The fraction of sp³-hybridized carbons (Fsp3) is 0.208. The minimum atomic E-state index is -0.795. The summed E-state index contributed by atoms with van der Waals surface area (Å²) < 4.78 is 13.2. The Morgan fingerprint density at radius 3 is 2.39 bits per heavy atom. The van der Waals surface area contributed by atoms with Gasteiger partial charge in [0.1, 0.15) is 17.3 Å². The van der Waals surface area contributed by atoms with E-state index in [1.807, 2.05) is 30.3 Å². The number of thioether (sulfide) groups is 1. The Bertz CT molecular complexity index is 1060. The third-order valence-electron chi connectivity index (χ3n) is 5.43. The van der Waals surface area contributed by atoms with Gasteiger partial charge in [0.2, 0.25) is 0 Å². The molecule has 3 unspecified atom stereocenters. The number of hydrogen-bond donors (Lipinski definition) is 3. The molecule has 1 heterocycles. The Morgan fingerprint density at radius 1 is 1.00 bits per heavy atom. The van der Waals surface area contributed by atoms with Gasteiger partial charge in [-0.25, -0.2) is 4.39 Å². The maximum atomic E-state index is 13.2. The molecule has 0 saturated carbocycles. The van der Waals surface area contributed by atoms with E-state index in [1.54, 1.807) is 23.1 Å². The molecule has 0 bridgehead atoms. The maximum absolute atomic E-state index is 13.2. The van der Waals surface area contributed by atoms with Gasteiger partial charge in [0.25, 0.3) is 5.24 Å². The van der Waals surface area contributed by atoms with Crippen LogP contribution < -0.4 is 4.90 Å². The highest BCUT2D eigenvalue weighted by Crippen LogP contribution is 2.49. The van der Waals surface area contributed by atoms with E-state index in [0.717, 1.165) is 0 Å². The minimum absolute atomic E-state index is 0.0623. The number of carbonyl (C=O) groups is 1. The van der Waals surface area contributed by atoms with E-state index in [9.17, 15) is 24.5 Å². The highest BCUT2D eigenvalue weighted by Gasteiger charge is 2.43. The van der Waals surface area contributed by atoms with Crippen molar-refractivity contribution in [2.24, 2.45) is 0 Å². The van der Waals surface area contributed by atoms with Gasteiger partial charge in [0.15, 0.2) is 0 Å². The highest BCUT2D eigenvalue weighted by molar-refractivity contribution is 8.14. The predicted molar refractivity (Wildman–Crippen MR) is 119 cm³/mol. The number of benzene rings is 3. The molecule has 0 spiro atoms. The molecular weight excluding hydrogens is 417 g/mol. The molecule has 3 aromatic carbocycles. The third-order valence-corrected chi connectivity index (χ3v) is 6.62. The molecule has 1 amide bonds. The third kappa shape index (κ3) is 4.52. The Hall–Kier alpha value is -3.03. The fourth-order valence-electron chi connectivity index (χ4n) is 3.90. The van der Waals surface area contributed by atoms with Crippen LogP contribution in [0.15, 0.2) is 72.8 Å². The molecule has 7 heteroatoms. The number of halogens is 1. The number of amides is 1. The monoisotopic (exact) mass is 439 g/mol. The number of nitrogens with zero attached hydrogens (tertiary/aromatic N) is 1. The van der Waals surface area contributed by atoms with E-state index in [2.05, 4.69) is 0 Å². The predicted octanol–water partition coefficient (Wildman–Crippen LogP) is 5.53. The van der Waals surface area contributed by atoms with Gasteiger partial charge in [-0.3, -0.25) is 9.69 Å². The number of rotatable bonds is 6. The van der Waals surface area contributed by atoms with Gasteiger partial charge in [-0.15, -0.1) is 0 Å². The second-order valence-electron chi connectivity index (χ2n) is 7.46. The summed E-state index contributed by atoms with van der Waals surface area (Å²) in [4.78, 5) is 14.6. The van der Waals surface area contributed by atoms with Crippen molar-refractivity contribution in [1.29, 1.82) is 0 Å². The molecule has 3 aromatic rings. The minimum Gasteiger partial charge on any atom is -0.508 e. The first-order chi connectivity index (χ1) is 14.9. The average molecular weight is 440 g/mol. The van der Waals surface area contributed by atoms with Gasteiger partial charge < -0.3 is 15.3 Å². The molecule has 3 atom stereocenters. The van der Waals surface area contributed by atoms with Crippen LogP contribution in [0.2, 0.25) is 0 Å². The molecule has 4 rings (SSSR count). The summed E-state index contributed by atoms with van der Waals surface area (Å²) in [5.41, 5.74) is 1.85. The van der Waals surface area contributed by atoms with Crippen molar-refractivity contribution >= 4 is 22.7 Å². The van der Waals surface area contributed by atoms with Gasteiger partial charge >= 0.3 is 0 Å². The Kier molecular flexibility index (Phi) is 6.15. The number of aliphatic hydroxyl groups excluding tert-OH is 1. The zero-order chi connectivity index (χ0) is 22.0. The molecule has 5 nitrogen and oxygen atoms in total. The second-order valence-corrected chi connectivity index (χ2v) is 8.65. The quantitative estimate of drug-likeness (QED) is 0.470. The van der Waals surface area contributed by atoms with Gasteiger partial charge in [-0.1, -0.05) is 42.1 Å². The van der Waals surface area contributed by atoms with Crippen molar-refractivity contribution in [1.82, 2.24) is 0 Å². The SMILES string of the molecule is O=C1SC(CCC(O)c2ccc(F)cc2)C(c2ccc(O)cc2O)N1c1ccccc1. The van der Waals surface area contributed by atoms with Crippen LogP contribution in [0.4, 0.5) is 14.9 Å². The molecule has 1 aliphatic heterocycles. The second kappa shape index (κ2) is 8.99. The Balaban J connectivity index is 1.62. The lowest BCUT2D eigenvalue weighted by Gasteiger charge is -2.28. The lowest BCUT2D eigenvalue weighted by molar-refractivity contribution is 0.163. The number of hydrogen-bond acceptors (Lipinski definition) is 5. The molecule has 1 saturated heterocycles. The number of aliphatic hydroxyl groups is 1. The first-order valence-corrected chi connectivity index (χ1v) is 10.8. The highest BCUT2D eigenvalue weighted by atomic mass is 32.2. The topological polar surface area (TPSA) is 81.0 Å². The number of phenolic OH excluding ortho intramolecular Hbond substituents is 2. The molecule has 3 N–H and O–H groups in total. The van der Waals surface area contributed by atoms with Crippen molar-refractivity contribution in [3.63, 3.8) is 0 Å². The summed E-state index contributed by atoms with van der Waals surface area (Å²) in [6.45, 7) is 0. The zero-order valence-electron chi connectivity index (χ0n) is 16.6. The van der Waals surface area contributed by atoms with Gasteiger partial charge in [-0.05, 0) is 54.8 Å². The van der Waals surface area contributed by atoms with Crippen molar-refractivity contribution in [3.05, 3.63) is 89.7 Å². The summed E-state index contributed by atoms with van der Waals surface area (Å²) in [6, 6.07) is 18.8. The summed E-state index contributed by atoms with van der Waals surface area (Å²) in [5.74, 6) is -0.521. The molecule has 31 heavy (non-hydrogen) atoms. The maximum Gasteiger partial charge on any atom is 0.287 e. The standard InChI is InChI=1S/C24H22FNO4S/c25-16-8-6-15(7-9-16)20(28)12-13-22-23(19-11-10-18(27)14-21(19)29)26(24(30)31-22)17-4-2-1-3-5-17/h1-11,14,20,22-23,27-29H,12-13H2. The van der Waals surface area contributed by atoms with Crippen LogP contribution in [-0.4, -0.2) is 25.8 Å². The van der Waals surface area contributed by atoms with Crippen molar-refractivity contribution < 1.29 is 24.5 Å². The Morgan fingerprint density at radius 2 is 1.71 bits per heavy atom. The number of carbonyl (C=O) groups excluding carboxylic acids is 1. The van der Waals surface area contributed by atoms with Crippen LogP contribution in [0, 0.1) is 5.82 Å². The lowest BCUT2D eigenvalue weighted by atomic mass is 9.95. The van der Waals surface area contributed by atoms with Crippen LogP contribution in [0.1, 0.15) is 36.1 Å². The van der Waals surface area contributed by atoms with Crippen molar-refractivity contribution in [2.75, 3.05) is 4.90 Å². The molecular formula is C24H22FNO4S. The van der Waals surface area contributed by atoms with E-state index in [4.69, 9.17) is 0 Å². The van der Waals surface area contributed by atoms with Crippen LogP contribution in [0.3, 0.4) is 0 Å². The fourth-order valence-corrected chi connectivity index (χ4v) is 5.14. The van der Waals surface area contributed by atoms with Crippen LogP contribution >= 0.6 is 11.8 Å². The van der Waals surface area contributed by atoms with Crippen molar-refractivity contribution in [2.45, 2.75) is 30.2 Å². The summed E-state index contributed by atoms with van der Waals surface area (Å²) in [5, 5.41) is 30.4. The molecule has 160 valence electrons. The molecule has 0 aromatic heterocycles. The van der Waals surface area contributed by atoms with E-state index in [1.165, 1.54) is 36.0 Å². The van der Waals surface area contributed by atoms with E-state index < -0.39 is 12.1 Å². The Labute approximate surface area is 183 Å². The normalized spacial score (nSPS) is 19.5. The first kappa shape index (κ1) is 21.2. The van der Waals surface area contributed by atoms with E-state index >= 15 is 0 Å². The van der Waals surface area contributed by atoms with Crippen LogP contribution in [-0.2, 0) is 0 Å². The molecule has 0 radical (unpaired) electrons. The van der Waals surface area contributed by atoms with Crippen molar-refractivity contribution in [3.8, 4) is 11.5 Å². The van der Waals surface area contributed by atoms with Gasteiger partial charge in [-0.2, -0.15) is 0 Å². The average Bonchev–Trinajstić information content (AvgIpc) is 3.09. The largest absolute Gasteiger partial charge is 0.508 e. The number of phenols is 2. The number of anilines is 1. The summed E-state index contributed by atoms with van der Waals surface area (Å²) >= 11 is 1.17. The van der Waals surface area contributed by atoms with E-state index in [-0.39, 0.29) is 27.8 Å². The lowest BCUT2D eigenvalue weighted by Crippen LogP contribution is -2.29. The van der Waals surface area contributed by atoms with Crippen LogP contribution in [0.25, 0.3) is 0 Å². The molecule has 1 aliphatic rings. The number of aromatic hydroxyl groups is 2. The molecule has 0 aliphatic carbocycles. The summed E-state index contributed by atoms with van der Waals surface area (Å²) in [6.07, 6.45) is 0.0637. The van der Waals surface area contributed by atoms with Gasteiger partial charge in [0, 0.05) is 22.6 Å².